The normalized spacial score (nSPS) is 12.3. The molecule has 0 aliphatic rings. The van der Waals surface area contributed by atoms with E-state index in [-0.39, 0.29) is 11.9 Å². The Labute approximate surface area is 138 Å². The maximum absolute atomic E-state index is 13.6. The lowest BCUT2D eigenvalue weighted by Crippen LogP contribution is -2.14. The summed E-state index contributed by atoms with van der Waals surface area (Å²) < 4.78 is 20.8. The van der Waals surface area contributed by atoms with Crippen molar-refractivity contribution in [3.05, 3.63) is 48.0 Å². The van der Waals surface area contributed by atoms with E-state index in [2.05, 4.69) is 15.4 Å². The van der Waals surface area contributed by atoms with Gasteiger partial charge in [-0.15, -0.1) is 0 Å². The van der Waals surface area contributed by atoms with Gasteiger partial charge in [-0.05, 0) is 31.2 Å². The van der Waals surface area contributed by atoms with Crippen molar-refractivity contribution in [3.8, 4) is 5.75 Å². The zero-order chi connectivity index (χ0) is 17.1. The molecule has 3 aromatic rings. The van der Waals surface area contributed by atoms with Crippen molar-refractivity contribution in [3.63, 3.8) is 0 Å². The Bertz CT molecular complexity index is 850. The highest BCUT2D eigenvalue weighted by Crippen LogP contribution is 2.28. The van der Waals surface area contributed by atoms with E-state index in [1.165, 1.54) is 12.1 Å². The van der Waals surface area contributed by atoms with Gasteiger partial charge in [0.1, 0.15) is 24.0 Å². The van der Waals surface area contributed by atoms with Gasteiger partial charge >= 0.3 is 0 Å². The van der Waals surface area contributed by atoms with Crippen molar-refractivity contribution in [1.29, 1.82) is 0 Å². The first-order chi connectivity index (χ1) is 11.6. The number of benzene rings is 1. The summed E-state index contributed by atoms with van der Waals surface area (Å²) in [5.41, 5.74) is 13.0. The number of nitrogen functional groups attached to an aromatic ring is 1. The molecule has 0 fully saturated rings. The first kappa shape index (κ1) is 16.0. The first-order valence-corrected chi connectivity index (χ1v) is 7.57. The summed E-state index contributed by atoms with van der Waals surface area (Å²) >= 11 is 0. The number of halogens is 1. The Morgan fingerprint density at radius 1 is 1.38 bits per heavy atom. The van der Waals surface area contributed by atoms with Crippen molar-refractivity contribution in [2.45, 2.75) is 13.0 Å². The molecule has 24 heavy (non-hydrogen) atoms. The van der Waals surface area contributed by atoms with Crippen LogP contribution in [-0.2, 0) is 0 Å². The van der Waals surface area contributed by atoms with Crippen LogP contribution in [0.3, 0.4) is 0 Å². The highest BCUT2D eigenvalue weighted by molar-refractivity contribution is 5.65. The number of aromatic nitrogens is 3. The van der Waals surface area contributed by atoms with Gasteiger partial charge in [-0.2, -0.15) is 5.10 Å². The van der Waals surface area contributed by atoms with E-state index in [0.717, 1.165) is 0 Å². The molecule has 5 N–H and O–H groups in total. The van der Waals surface area contributed by atoms with E-state index in [4.69, 9.17) is 16.2 Å². The fourth-order valence-corrected chi connectivity index (χ4v) is 2.42. The fraction of sp³-hybridized carbons (Fsp3) is 0.250. The van der Waals surface area contributed by atoms with Crippen LogP contribution in [-0.4, -0.2) is 27.7 Å². The zero-order valence-corrected chi connectivity index (χ0v) is 13.2. The fourth-order valence-electron chi connectivity index (χ4n) is 2.42. The second-order valence-corrected chi connectivity index (χ2v) is 5.37. The molecule has 0 amide bonds. The van der Waals surface area contributed by atoms with Crippen LogP contribution in [0.5, 0.6) is 5.75 Å². The molecule has 0 aliphatic carbocycles. The Balaban J connectivity index is 1.86. The minimum atomic E-state index is -0.331. The predicted molar refractivity (Wildman–Crippen MR) is 90.4 cm³/mol. The van der Waals surface area contributed by atoms with Crippen LogP contribution >= 0.6 is 0 Å². The van der Waals surface area contributed by atoms with E-state index < -0.39 is 0 Å². The summed E-state index contributed by atoms with van der Waals surface area (Å²) in [6.07, 6.45) is 3.30. The molecule has 8 heteroatoms. The summed E-state index contributed by atoms with van der Waals surface area (Å²) in [4.78, 5) is 4.42. The molecular formula is C16H19FN6O. The van der Waals surface area contributed by atoms with E-state index in [1.807, 2.05) is 6.92 Å². The van der Waals surface area contributed by atoms with Crippen molar-refractivity contribution in [2.75, 3.05) is 24.2 Å². The summed E-state index contributed by atoms with van der Waals surface area (Å²) in [5, 5.41) is 7.30. The second kappa shape index (κ2) is 6.71. The minimum absolute atomic E-state index is 0.229. The van der Waals surface area contributed by atoms with Crippen LogP contribution in [0, 0.1) is 5.82 Å². The molecule has 0 bridgehead atoms. The molecular weight excluding hydrogens is 311 g/mol. The molecule has 0 radical (unpaired) electrons. The van der Waals surface area contributed by atoms with Gasteiger partial charge in [-0.3, -0.25) is 0 Å². The largest absolute Gasteiger partial charge is 0.492 e. The summed E-state index contributed by atoms with van der Waals surface area (Å²) in [7, 11) is 0. The van der Waals surface area contributed by atoms with E-state index >= 15 is 0 Å². The van der Waals surface area contributed by atoms with Crippen molar-refractivity contribution in [1.82, 2.24) is 14.6 Å². The standard InChI is InChI=1S/C16H19FN6O/c1-10(12-8-11(17)2-3-14(12)24-7-5-18)21-15-4-6-23-16(22-15)13(19)9-20-23/h2-4,6,8-10H,5,7,18-19H2,1H3,(H,21,22). The number of nitrogens with one attached hydrogen (secondary N) is 1. The van der Waals surface area contributed by atoms with Crippen LogP contribution in [0.15, 0.2) is 36.7 Å². The van der Waals surface area contributed by atoms with Crippen molar-refractivity contribution < 1.29 is 9.13 Å². The lowest BCUT2D eigenvalue weighted by Gasteiger charge is -2.19. The van der Waals surface area contributed by atoms with Gasteiger partial charge in [-0.1, -0.05) is 0 Å². The Hall–Kier alpha value is -2.87. The van der Waals surface area contributed by atoms with Crippen molar-refractivity contribution in [2.24, 2.45) is 5.73 Å². The second-order valence-electron chi connectivity index (χ2n) is 5.37. The van der Waals surface area contributed by atoms with Crippen LogP contribution in [0.1, 0.15) is 18.5 Å². The molecule has 7 nitrogen and oxygen atoms in total. The smallest absolute Gasteiger partial charge is 0.180 e. The number of rotatable bonds is 6. The molecule has 0 aliphatic heterocycles. The van der Waals surface area contributed by atoms with Gasteiger partial charge in [0, 0.05) is 18.3 Å². The average molecular weight is 330 g/mol. The lowest BCUT2D eigenvalue weighted by atomic mass is 10.1. The number of anilines is 2. The van der Waals surface area contributed by atoms with Crippen molar-refractivity contribution >= 4 is 17.2 Å². The van der Waals surface area contributed by atoms with E-state index in [9.17, 15) is 4.39 Å². The predicted octanol–water partition coefficient (Wildman–Crippen LogP) is 1.96. The highest BCUT2D eigenvalue weighted by atomic mass is 19.1. The van der Waals surface area contributed by atoms with E-state index in [1.54, 1.807) is 29.0 Å². The third kappa shape index (κ3) is 3.23. The molecule has 1 atom stereocenters. The topological polar surface area (TPSA) is 103 Å². The van der Waals surface area contributed by atoms with Gasteiger partial charge in [0.15, 0.2) is 5.65 Å². The molecule has 0 saturated carbocycles. The highest BCUT2D eigenvalue weighted by Gasteiger charge is 2.14. The molecule has 3 rings (SSSR count). The van der Waals surface area contributed by atoms with Gasteiger partial charge in [0.05, 0.1) is 17.9 Å². The maximum atomic E-state index is 13.6. The van der Waals surface area contributed by atoms with Gasteiger partial charge in [0.25, 0.3) is 0 Å². The number of nitrogens with zero attached hydrogens (tertiary/aromatic N) is 3. The number of ether oxygens (including phenoxy) is 1. The molecule has 0 spiro atoms. The average Bonchev–Trinajstić information content (AvgIpc) is 2.94. The lowest BCUT2D eigenvalue weighted by molar-refractivity contribution is 0.323. The Morgan fingerprint density at radius 3 is 3.00 bits per heavy atom. The van der Waals surface area contributed by atoms with Crippen LogP contribution in [0.4, 0.5) is 15.9 Å². The summed E-state index contributed by atoms with van der Waals surface area (Å²) in [6, 6.07) is 5.95. The number of hydrogen-bond donors (Lipinski definition) is 3. The zero-order valence-electron chi connectivity index (χ0n) is 13.2. The first-order valence-electron chi connectivity index (χ1n) is 7.57. The van der Waals surface area contributed by atoms with Gasteiger partial charge < -0.3 is 21.5 Å². The molecule has 2 aromatic heterocycles. The Morgan fingerprint density at radius 2 is 2.21 bits per heavy atom. The number of hydrogen-bond acceptors (Lipinski definition) is 6. The van der Waals surface area contributed by atoms with Crippen LogP contribution in [0.25, 0.3) is 5.65 Å². The molecule has 1 unspecified atom stereocenters. The molecule has 0 saturated heterocycles. The van der Waals surface area contributed by atoms with E-state index in [0.29, 0.717) is 41.6 Å². The monoisotopic (exact) mass is 330 g/mol. The third-order valence-corrected chi connectivity index (χ3v) is 3.57. The number of fused-ring (bicyclic) bond motifs is 1. The minimum Gasteiger partial charge on any atom is -0.492 e. The molecule has 2 heterocycles. The van der Waals surface area contributed by atoms with Crippen LogP contribution < -0.4 is 21.5 Å². The third-order valence-electron chi connectivity index (χ3n) is 3.57. The Kier molecular flexibility index (Phi) is 4.48. The SMILES string of the molecule is CC(Nc1ccn2ncc(N)c2n1)c1cc(F)ccc1OCCN. The summed E-state index contributed by atoms with van der Waals surface area (Å²) in [6.45, 7) is 2.65. The van der Waals surface area contributed by atoms with Crippen LogP contribution in [0.2, 0.25) is 0 Å². The number of nitrogens with two attached hydrogens (primary N) is 2. The van der Waals surface area contributed by atoms with Gasteiger partial charge in [0.2, 0.25) is 0 Å². The van der Waals surface area contributed by atoms with Gasteiger partial charge in [-0.25, -0.2) is 13.9 Å². The molecule has 126 valence electrons. The quantitative estimate of drug-likeness (QED) is 0.638. The maximum Gasteiger partial charge on any atom is 0.180 e. The summed E-state index contributed by atoms with van der Waals surface area (Å²) in [5.74, 6) is 0.866. The molecule has 1 aromatic carbocycles.